The molecule has 0 unspecified atom stereocenters. The Balaban J connectivity index is 2.00. The van der Waals surface area contributed by atoms with Crippen LogP contribution in [-0.4, -0.2) is 60.2 Å². The molecule has 1 aliphatic heterocycles. The number of piperazine rings is 1. The predicted octanol–water partition coefficient (Wildman–Crippen LogP) is 0.869. The van der Waals surface area contributed by atoms with Gasteiger partial charge in [-0.2, -0.15) is 0 Å². The number of rotatable bonds is 3. The fourth-order valence-electron chi connectivity index (χ4n) is 2.51. The highest BCUT2D eigenvalue weighted by atomic mass is 19.1. The number of amides is 3. The third kappa shape index (κ3) is 4.28. The molecule has 1 aromatic carbocycles. The predicted molar refractivity (Wildman–Crippen MR) is 83.3 cm³/mol. The molecular weight excluding hydrogens is 301 g/mol. The number of halogens is 1. The molecule has 0 bridgehead atoms. The van der Waals surface area contributed by atoms with E-state index < -0.39 is 5.82 Å². The maximum Gasteiger partial charge on any atom is 0.242 e. The Hall–Kier alpha value is -2.44. The molecule has 0 saturated carbocycles. The lowest BCUT2D eigenvalue weighted by atomic mass is 10.2. The van der Waals surface area contributed by atoms with Crippen LogP contribution < -0.4 is 4.90 Å². The molecule has 1 heterocycles. The minimum atomic E-state index is -0.399. The quantitative estimate of drug-likeness (QED) is 0.830. The van der Waals surface area contributed by atoms with Crippen molar-refractivity contribution in [2.45, 2.75) is 13.8 Å². The largest absolute Gasteiger partial charge is 0.339 e. The topological polar surface area (TPSA) is 60.9 Å². The zero-order chi connectivity index (χ0) is 17.0. The van der Waals surface area contributed by atoms with E-state index >= 15 is 0 Å². The van der Waals surface area contributed by atoms with Gasteiger partial charge in [0, 0.05) is 45.7 Å². The molecule has 1 saturated heterocycles. The highest BCUT2D eigenvalue weighted by molar-refractivity contribution is 5.97. The van der Waals surface area contributed by atoms with Crippen molar-refractivity contribution >= 4 is 23.4 Å². The van der Waals surface area contributed by atoms with Crippen molar-refractivity contribution in [3.63, 3.8) is 0 Å². The van der Waals surface area contributed by atoms with Gasteiger partial charge in [0.1, 0.15) is 12.4 Å². The molecule has 2 rings (SSSR count). The van der Waals surface area contributed by atoms with Crippen LogP contribution in [0.1, 0.15) is 13.8 Å². The summed E-state index contributed by atoms with van der Waals surface area (Å²) in [6, 6.07) is 5.44. The van der Waals surface area contributed by atoms with Crippen molar-refractivity contribution in [1.29, 1.82) is 0 Å². The fourth-order valence-corrected chi connectivity index (χ4v) is 2.51. The zero-order valence-electron chi connectivity index (χ0n) is 13.3. The van der Waals surface area contributed by atoms with E-state index in [1.54, 1.807) is 9.80 Å². The van der Waals surface area contributed by atoms with E-state index in [0.717, 1.165) is 0 Å². The SMILES string of the molecule is CC(=O)N1CCN(C(=O)CN(C(C)=O)c2ccc(F)cc2)CC1. The molecule has 0 aliphatic carbocycles. The van der Waals surface area contributed by atoms with Crippen LogP contribution in [0.3, 0.4) is 0 Å². The van der Waals surface area contributed by atoms with E-state index in [1.807, 2.05) is 0 Å². The van der Waals surface area contributed by atoms with Gasteiger partial charge in [-0.1, -0.05) is 0 Å². The lowest BCUT2D eigenvalue weighted by Crippen LogP contribution is -2.52. The van der Waals surface area contributed by atoms with Gasteiger partial charge in [0.15, 0.2) is 0 Å². The molecule has 1 aromatic rings. The molecule has 23 heavy (non-hydrogen) atoms. The van der Waals surface area contributed by atoms with Crippen molar-refractivity contribution in [3.05, 3.63) is 30.1 Å². The summed E-state index contributed by atoms with van der Waals surface area (Å²) in [7, 11) is 0. The number of anilines is 1. The summed E-state index contributed by atoms with van der Waals surface area (Å²) in [5.41, 5.74) is 0.481. The van der Waals surface area contributed by atoms with Crippen molar-refractivity contribution in [1.82, 2.24) is 9.80 Å². The number of carbonyl (C=O) groups is 3. The molecule has 0 aromatic heterocycles. The van der Waals surface area contributed by atoms with Crippen LogP contribution in [0.2, 0.25) is 0 Å². The molecule has 0 atom stereocenters. The van der Waals surface area contributed by atoms with Crippen molar-refractivity contribution < 1.29 is 18.8 Å². The molecule has 124 valence electrons. The first-order chi connectivity index (χ1) is 10.9. The number of hydrogen-bond acceptors (Lipinski definition) is 3. The standard InChI is InChI=1S/C16H20FN3O3/c1-12(21)18-7-9-19(10-8-18)16(23)11-20(13(2)22)15-5-3-14(17)4-6-15/h3-6H,7-11H2,1-2H3. The van der Waals surface area contributed by atoms with Gasteiger partial charge in [-0.05, 0) is 24.3 Å². The Kier molecular flexibility index (Phi) is 5.31. The molecule has 0 spiro atoms. The Labute approximate surface area is 134 Å². The number of carbonyl (C=O) groups excluding carboxylic acids is 3. The molecule has 3 amide bonds. The van der Waals surface area contributed by atoms with Crippen LogP contribution in [0.25, 0.3) is 0 Å². The van der Waals surface area contributed by atoms with Crippen LogP contribution in [0.5, 0.6) is 0 Å². The van der Waals surface area contributed by atoms with Gasteiger partial charge >= 0.3 is 0 Å². The Morgan fingerprint density at radius 2 is 1.52 bits per heavy atom. The van der Waals surface area contributed by atoms with E-state index in [1.165, 1.54) is 43.0 Å². The maximum absolute atomic E-state index is 13.0. The van der Waals surface area contributed by atoms with Gasteiger partial charge in [-0.3, -0.25) is 14.4 Å². The van der Waals surface area contributed by atoms with Crippen LogP contribution in [0, 0.1) is 5.82 Å². The first-order valence-electron chi connectivity index (χ1n) is 7.45. The van der Waals surface area contributed by atoms with E-state index in [2.05, 4.69) is 0 Å². The molecular formula is C16H20FN3O3. The van der Waals surface area contributed by atoms with Gasteiger partial charge in [0.05, 0.1) is 0 Å². The monoisotopic (exact) mass is 321 g/mol. The van der Waals surface area contributed by atoms with E-state index in [9.17, 15) is 18.8 Å². The molecule has 6 nitrogen and oxygen atoms in total. The Morgan fingerprint density at radius 1 is 1.00 bits per heavy atom. The third-order valence-corrected chi connectivity index (χ3v) is 3.89. The number of nitrogens with zero attached hydrogens (tertiary/aromatic N) is 3. The van der Waals surface area contributed by atoms with E-state index in [-0.39, 0.29) is 24.3 Å². The van der Waals surface area contributed by atoms with Crippen LogP contribution in [0.4, 0.5) is 10.1 Å². The summed E-state index contributed by atoms with van der Waals surface area (Å²) in [4.78, 5) is 40.1. The molecule has 0 radical (unpaired) electrons. The highest BCUT2D eigenvalue weighted by Gasteiger charge is 2.25. The first kappa shape index (κ1) is 16.9. The van der Waals surface area contributed by atoms with Crippen molar-refractivity contribution in [2.24, 2.45) is 0 Å². The molecule has 1 aliphatic rings. The first-order valence-corrected chi connectivity index (χ1v) is 7.45. The average molecular weight is 321 g/mol. The zero-order valence-corrected chi connectivity index (χ0v) is 13.3. The van der Waals surface area contributed by atoms with Gasteiger partial charge in [0.2, 0.25) is 17.7 Å². The summed E-state index contributed by atoms with van der Waals surface area (Å²) >= 11 is 0. The summed E-state index contributed by atoms with van der Waals surface area (Å²) in [5.74, 6) is -0.877. The van der Waals surface area contributed by atoms with Gasteiger partial charge < -0.3 is 14.7 Å². The second kappa shape index (κ2) is 7.21. The highest BCUT2D eigenvalue weighted by Crippen LogP contribution is 2.15. The summed E-state index contributed by atoms with van der Waals surface area (Å²) in [6.45, 7) is 4.67. The molecule has 0 N–H and O–H groups in total. The minimum absolute atomic E-state index is 0.00577. The van der Waals surface area contributed by atoms with E-state index in [0.29, 0.717) is 31.9 Å². The molecule has 1 fully saturated rings. The van der Waals surface area contributed by atoms with Crippen LogP contribution in [0.15, 0.2) is 24.3 Å². The average Bonchev–Trinajstić information content (AvgIpc) is 2.53. The Morgan fingerprint density at radius 3 is 2.00 bits per heavy atom. The lowest BCUT2D eigenvalue weighted by Gasteiger charge is -2.35. The molecule has 7 heteroatoms. The van der Waals surface area contributed by atoms with Crippen LogP contribution >= 0.6 is 0 Å². The van der Waals surface area contributed by atoms with Crippen molar-refractivity contribution in [3.8, 4) is 0 Å². The van der Waals surface area contributed by atoms with Crippen molar-refractivity contribution in [2.75, 3.05) is 37.6 Å². The van der Waals surface area contributed by atoms with Gasteiger partial charge in [-0.15, -0.1) is 0 Å². The smallest absolute Gasteiger partial charge is 0.242 e. The van der Waals surface area contributed by atoms with Gasteiger partial charge in [-0.25, -0.2) is 4.39 Å². The normalized spacial score (nSPS) is 14.6. The Bertz CT molecular complexity index is 595. The summed E-state index contributed by atoms with van der Waals surface area (Å²) < 4.78 is 13.0. The van der Waals surface area contributed by atoms with Crippen LogP contribution in [-0.2, 0) is 14.4 Å². The fraction of sp³-hybridized carbons (Fsp3) is 0.438. The number of hydrogen-bond donors (Lipinski definition) is 0. The third-order valence-electron chi connectivity index (χ3n) is 3.89. The maximum atomic E-state index is 13.0. The lowest BCUT2D eigenvalue weighted by molar-refractivity contribution is -0.137. The second-order valence-electron chi connectivity index (χ2n) is 5.47. The van der Waals surface area contributed by atoms with E-state index in [4.69, 9.17) is 0 Å². The van der Waals surface area contributed by atoms with Gasteiger partial charge in [0.25, 0.3) is 0 Å². The summed E-state index contributed by atoms with van der Waals surface area (Å²) in [5, 5.41) is 0. The minimum Gasteiger partial charge on any atom is -0.339 e. The number of benzene rings is 1. The second-order valence-corrected chi connectivity index (χ2v) is 5.47. The summed E-state index contributed by atoms with van der Waals surface area (Å²) in [6.07, 6.45) is 0.